The molecule has 0 N–H and O–H groups in total. The van der Waals surface area contributed by atoms with Crippen LogP contribution < -0.4 is 0 Å². The highest BCUT2D eigenvalue weighted by atomic mass is 16.5. The summed E-state index contributed by atoms with van der Waals surface area (Å²) in [5.41, 5.74) is 0. The number of nitrogens with zero attached hydrogens (tertiary/aromatic N) is 1. The molecule has 0 atom stereocenters. The van der Waals surface area contributed by atoms with Crippen molar-refractivity contribution in [3.8, 4) is 0 Å². The summed E-state index contributed by atoms with van der Waals surface area (Å²) in [7, 11) is 3.18. The summed E-state index contributed by atoms with van der Waals surface area (Å²) >= 11 is 0. The fraction of sp³-hybridized carbons (Fsp3) is 0.900. The molecule has 1 heterocycles. The number of amides is 1. The lowest BCUT2D eigenvalue weighted by Gasteiger charge is -2.24. The van der Waals surface area contributed by atoms with Gasteiger partial charge in [-0.2, -0.15) is 0 Å². The molecule has 0 bridgehead atoms. The molecule has 1 aliphatic heterocycles. The van der Waals surface area contributed by atoms with Crippen LogP contribution in [0.5, 0.6) is 0 Å². The molecule has 0 saturated carbocycles. The number of methoxy groups -OCH3 is 1. The van der Waals surface area contributed by atoms with E-state index in [4.69, 9.17) is 4.74 Å². The van der Waals surface area contributed by atoms with E-state index in [1.807, 2.05) is 0 Å². The second kappa shape index (κ2) is 5.86. The Labute approximate surface area is 85.2 Å². The van der Waals surface area contributed by atoms with Crippen LogP contribution in [0.3, 0.4) is 0 Å². The zero-order chi connectivity index (χ0) is 10.4. The second-order valence-corrected chi connectivity index (χ2v) is 3.74. The van der Waals surface area contributed by atoms with E-state index < -0.39 is 0 Å². The van der Waals surface area contributed by atoms with E-state index in [0.717, 1.165) is 39.0 Å². The second-order valence-electron chi connectivity index (χ2n) is 3.74. The van der Waals surface area contributed by atoms with E-state index in [-0.39, 0.29) is 6.09 Å². The first kappa shape index (κ1) is 11.3. The van der Waals surface area contributed by atoms with Gasteiger partial charge in [0.2, 0.25) is 0 Å². The summed E-state index contributed by atoms with van der Waals surface area (Å²) in [6.07, 6.45) is 3.04. The Morgan fingerprint density at radius 3 is 2.71 bits per heavy atom. The highest BCUT2D eigenvalue weighted by Crippen LogP contribution is 2.18. The summed E-state index contributed by atoms with van der Waals surface area (Å²) < 4.78 is 9.88. The lowest BCUT2D eigenvalue weighted by atomic mass is 9.96. The summed E-state index contributed by atoms with van der Waals surface area (Å²) in [4.78, 5) is 12.7. The number of ether oxygens (including phenoxy) is 2. The molecule has 0 aromatic carbocycles. The van der Waals surface area contributed by atoms with Gasteiger partial charge in [-0.3, -0.25) is 0 Å². The zero-order valence-electron chi connectivity index (χ0n) is 8.99. The number of hydrogen-bond acceptors (Lipinski definition) is 3. The van der Waals surface area contributed by atoms with Crippen LogP contribution in [0.2, 0.25) is 0 Å². The molecule has 0 spiro atoms. The van der Waals surface area contributed by atoms with Gasteiger partial charge in [0.1, 0.15) is 0 Å². The van der Waals surface area contributed by atoms with Gasteiger partial charge in [-0.05, 0) is 25.2 Å². The summed E-state index contributed by atoms with van der Waals surface area (Å²) in [6.45, 7) is 2.51. The average Bonchev–Trinajstić information content (AvgIpc) is 2.26. The van der Waals surface area contributed by atoms with Gasteiger partial charge in [0.05, 0.1) is 7.11 Å². The Bertz CT molecular complexity index is 178. The van der Waals surface area contributed by atoms with Crippen LogP contribution in [-0.2, 0) is 9.47 Å². The van der Waals surface area contributed by atoms with Crippen molar-refractivity contribution < 1.29 is 14.3 Å². The molecule has 1 saturated heterocycles. The van der Waals surface area contributed by atoms with Crippen LogP contribution in [0.15, 0.2) is 0 Å². The SMILES string of the molecule is COC(=O)N(C)CCC1CCOCC1. The van der Waals surface area contributed by atoms with Gasteiger partial charge in [-0.1, -0.05) is 0 Å². The van der Waals surface area contributed by atoms with Crippen LogP contribution in [0.25, 0.3) is 0 Å². The minimum atomic E-state index is -0.253. The predicted molar refractivity (Wildman–Crippen MR) is 53.2 cm³/mol. The molecule has 0 aromatic rings. The molecule has 0 unspecified atom stereocenters. The minimum absolute atomic E-state index is 0.253. The molecule has 1 amide bonds. The van der Waals surface area contributed by atoms with Gasteiger partial charge in [0.15, 0.2) is 0 Å². The Morgan fingerprint density at radius 2 is 2.14 bits per heavy atom. The molecule has 1 rings (SSSR count). The summed E-state index contributed by atoms with van der Waals surface area (Å²) in [6, 6.07) is 0. The summed E-state index contributed by atoms with van der Waals surface area (Å²) in [5, 5.41) is 0. The third-order valence-corrected chi connectivity index (χ3v) is 2.70. The predicted octanol–water partition coefficient (Wildman–Crippen LogP) is 1.50. The van der Waals surface area contributed by atoms with Crippen molar-refractivity contribution in [1.82, 2.24) is 4.90 Å². The smallest absolute Gasteiger partial charge is 0.409 e. The van der Waals surface area contributed by atoms with Crippen molar-refractivity contribution in [2.24, 2.45) is 5.92 Å². The monoisotopic (exact) mass is 201 g/mol. The standard InChI is InChI=1S/C10H19NO3/c1-11(10(12)13-2)6-3-9-4-7-14-8-5-9/h9H,3-8H2,1-2H3. The molecule has 0 aliphatic carbocycles. The largest absolute Gasteiger partial charge is 0.453 e. The first-order valence-electron chi connectivity index (χ1n) is 5.11. The van der Waals surface area contributed by atoms with Crippen molar-refractivity contribution in [1.29, 1.82) is 0 Å². The molecule has 14 heavy (non-hydrogen) atoms. The topological polar surface area (TPSA) is 38.8 Å². The van der Waals surface area contributed by atoms with Gasteiger partial charge in [0, 0.05) is 26.8 Å². The normalized spacial score (nSPS) is 17.9. The lowest BCUT2D eigenvalue weighted by molar-refractivity contribution is 0.0603. The molecule has 4 nitrogen and oxygen atoms in total. The van der Waals surface area contributed by atoms with Crippen molar-refractivity contribution in [2.75, 3.05) is 33.9 Å². The minimum Gasteiger partial charge on any atom is -0.453 e. The molecule has 1 fully saturated rings. The quantitative estimate of drug-likeness (QED) is 0.694. The van der Waals surface area contributed by atoms with E-state index in [9.17, 15) is 4.79 Å². The third kappa shape index (κ3) is 3.54. The van der Waals surface area contributed by atoms with Crippen molar-refractivity contribution >= 4 is 6.09 Å². The van der Waals surface area contributed by atoms with E-state index in [1.165, 1.54) is 7.11 Å². The van der Waals surface area contributed by atoms with Crippen molar-refractivity contribution in [2.45, 2.75) is 19.3 Å². The molecule has 4 heteroatoms. The van der Waals surface area contributed by atoms with Gasteiger partial charge in [0.25, 0.3) is 0 Å². The van der Waals surface area contributed by atoms with Gasteiger partial charge in [-0.15, -0.1) is 0 Å². The highest BCUT2D eigenvalue weighted by Gasteiger charge is 2.15. The van der Waals surface area contributed by atoms with Crippen LogP contribution in [0.4, 0.5) is 4.79 Å². The van der Waals surface area contributed by atoms with Gasteiger partial charge < -0.3 is 14.4 Å². The maximum Gasteiger partial charge on any atom is 0.409 e. The number of carbonyl (C=O) groups is 1. The first-order chi connectivity index (χ1) is 6.74. The molecule has 1 aliphatic rings. The highest BCUT2D eigenvalue weighted by molar-refractivity contribution is 5.66. The average molecular weight is 201 g/mol. The Hall–Kier alpha value is -0.770. The van der Waals surface area contributed by atoms with Gasteiger partial charge >= 0.3 is 6.09 Å². The number of rotatable bonds is 3. The van der Waals surface area contributed by atoms with Crippen LogP contribution >= 0.6 is 0 Å². The molecular weight excluding hydrogens is 182 g/mol. The number of carbonyl (C=O) groups excluding carboxylic acids is 1. The van der Waals surface area contributed by atoms with Crippen LogP contribution in [0.1, 0.15) is 19.3 Å². The molecule has 0 aromatic heterocycles. The Balaban J connectivity index is 2.15. The Morgan fingerprint density at radius 1 is 1.50 bits per heavy atom. The van der Waals surface area contributed by atoms with E-state index >= 15 is 0 Å². The fourth-order valence-electron chi connectivity index (χ4n) is 1.66. The third-order valence-electron chi connectivity index (χ3n) is 2.70. The Kier molecular flexibility index (Phi) is 4.73. The molecule has 0 radical (unpaired) electrons. The molecular formula is C10H19NO3. The van der Waals surface area contributed by atoms with Gasteiger partial charge in [-0.25, -0.2) is 4.79 Å². The fourth-order valence-corrected chi connectivity index (χ4v) is 1.66. The lowest BCUT2D eigenvalue weighted by Crippen LogP contribution is -2.29. The number of hydrogen-bond donors (Lipinski definition) is 0. The van der Waals surface area contributed by atoms with Crippen LogP contribution in [0, 0.1) is 5.92 Å². The summed E-state index contributed by atoms with van der Waals surface area (Å²) in [5.74, 6) is 0.704. The van der Waals surface area contributed by atoms with E-state index in [2.05, 4.69) is 4.74 Å². The van der Waals surface area contributed by atoms with Crippen molar-refractivity contribution in [3.63, 3.8) is 0 Å². The maximum absolute atomic E-state index is 11.1. The van der Waals surface area contributed by atoms with E-state index in [1.54, 1.807) is 11.9 Å². The maximum atomic E-state index is 11.1. The van der Waals surface area contributed by atoms with Crippen molar-refractivity contribution in [3.05, 3.63) is 0 Å². The van der Waals surface area contributed by atoms with E-state index in [0.29, 0.717) is 5.92 Å². The zero-order valence-corrected chi connectivity index (χ0v) is 8.99. The van der Waals surface area contributed by atoms with Crippen LogP contribution in [-0.4, -0.2) is 44.9 Å². The molecule has 82 valence electrons. The first-order valence-corrected chi connectivity index (χ1v) is 5.11.